The number of carbonyl (C=O) groups excluding carboxylic acids is 1. The zero-order valence-corrected chi connectivity index (χ0v) is 13.4. The summed E-state index contributed by atoms with van der Waals surface area (Å²) in [6, 6.07) is 6.66. The maximum Gasteiger partial charge on any atom is 0.326 e. The maximum atomic E-state index is 12.2. The molecule has 1 heterocycles. The summed E-state index contributed by atoms with van der Waals surface area (Å²) in [5.74, 6) is -1.45. The first-order chi connectivity index (χ1) is 10.9. The van der Waals surface area contributed by atoms with Crippen LogP contribution in [-0.2, 0) is 4.79 Å². The summed E-state index contributed by atoms with van der Waals surface area (Å²) in [6.07, 6.45) is 1.84. The molecule has 7 nitrogen and oxygen atoms in total. The number of hydrogen-bond acceptors (Lipinski definition) is 4. The molecular weight excluding hydrogens is 296 g/mol. The Bertz CT molecular complexity index is 709. The van der Waals surface area contributed by atoms with Crippen molar-refractivity contribution in [1.29, 1.82) is 0 Å². The minimum absolute atomic E-state index is 0.0847. The molecule has 1 aromatic heterocycles. The molecule has 0 aliphatic rings. The molecule has 0 fully saturated rings. The molecule has 1 aromatic carbocycles. The summed E-state index contributed by atoms with van der Waals surface area (Å²) in [5.41, 5.74) is 1.93. The Hall–Kier alpha value is -2.70. The van der Waals surface area contributed by atoms with Crippen LogP contribution in [0.5, 0.6) is 0 Å². The maximum absolute atomic E-state index is 12.2. The van der Waals surface area contributed by atoms with E-state index >= 15 is 0 Å². The average molecular weight is 316 g/mol. The summed E-state index contributed by atoms with van der Waals surface area (Å²) in [4.78, 5) is 23.4. The Morgan fingerprint density at radius 2 is 2.09 bits per heavy atom. The Balaban J connectivity index is 2.13. The number of aliphatic carboxylic acids is 1. The van der Waals surface area contributed by atoms with Crippen molar-refractivity contribution in [3.63, 3.8) is 0 Å². The van der Waals surface area contributed by atoms with Crippen LogP contribution >= 0.6 is 0 Å². The van der Waals surface area contributed by atoms with Gasteiger partial charge in [0.15, 0.2) is 5.69 Å². The van der Waals surface area contributed by atoms with E-state index < -0.39 is 17.9 Å². The monoisotopic (exact) mass is 316 g/mol. The Morgan fingerprint density at radius 3 is 2.70 bits per heavy atom. The SMILES string of the molecule is Cc1cccc(-n2cc(C(=O)N[C@@H](CC(C)C)C(=O)O)nn2)c1. The van der Waals surface area contributed by atoms with E-state index in [2.05, 4.69) is 15.6 Å². The summed E-state index contributed by atoms with van der Waals surface area (Å²) in [7, 11) is 0. The van der Waals surface area contributed by atoms with Gasteiger partial charge in [0.1, 0.15) is 6.04 Å². The van der Waals surface area contributed by atoms with Crippen LogP contribution in [0.3, 0.4) is 0 Å². The van der Waals surface area contributed by atoms with Gasteiger partial charge in [-0.25, -0.2) is 9.48 Å². The zero-order valence-electron chi connectivity index (χ0n) is 13.4. The largest absolute Gasteiger partial charge is 0.480 e. The zero-order chi connectivity index (χ0) is 17.0. The molecule has 0 unspecified atom stereocenters. The van der Waals surface area contributed by atoms with E-state index in [9.17, 15) is 14.7 Å². The molecule has 2 rings (SSSR count). The van der Waals surface area contributed by atoms with Crippen LogP contribution in [0.25, 0.3) is 5.69 Å². The third-order valence-corrected chi connectivity index (χ3v) is 3.30. The van der Waals surface area contributed by atoms with Crippen LogP contribution in [-0.4, -0.2) is 38.0 Å². The molecule has 0 saturated heterocycles. The van der Waals surface area contributed by atoms with Crippen molar-refractivity contribution in [2.45, 2.75) is 33.2 Å². The van der Waals surface area contributed by atoms with Crippen LogP contribution in [0.4, 0.5) is 0 Å². The number of carboxylic acid groups (broad SMARTS) is 1. The molecule has 1 atom stereocenters. The van der Waals surface area contributed by atoms with Crippen molar-refractivity contribution in [2.24, 2.45) is 5.92 Å². The number of carboxylic acids is 1. The second-order valence-corrected chi connectivity index (χ2v) is 5.88. The summed E-state index contributed by atoms with van der Waals surface area (Å²) < 4.78 is 1.49. The Labute approximate surface area is 134 Å². The fourth-order valence-electron chi connectivity index (χ4n) is 2.19. The molecule has 0 aliphatic heterocycles. The molecule has 122 valence electrons. The van der Waals surface area contributed by atoms with Gasteiger partial charge in [-0.15, -0.1) is 5.10 Å². The molecule has 0 radical (unpaired) electrons. The van der Waals surface area contributed by atoms with E-state index in [0.717, 1.165) is 11.3 Å². The van der Waals surface area contributed by atoms with Gasteiger partial charge in [-0.1, -0.05) is 31.2 Å². The van der Waals surface area contributed by atoms with E-state index in [-0.39, 0.29) is 11.6 Å². The first kappa shape index (κ1) is 16.7. The third kappa shape index (κ3) is 4.38. The minimum Gasteiger partial charge on any atom is -0.480 e. The predicted molar refractivity (Wildman–Crippen MR) is 84.4 cm³/mol. The Morgan fingerprint density at radius 1 is 1.35 bits per heavy atom. The molecule has 0 bridgehead atoms. The first-order valence-corrected chi connectivity index (χ1v) is 7.40. The molecule has 0 spiro atoms. The second-order valence-electron chi connectivity index (χ2n) is 5.88. The van der Waals surface area contributed by atoms with E-state index in [1.165, 1.54) is 10.9 Å². The number of nitrogens with zero attached hydrogens (tertiary/aromatic N) is 3. The van der Waals surface area contributed by atoms with E-state index in [0.29, 0.717) is 6.42 Å². The molecule has 1 amide bonds. The van der Waals surface area contributed by atoms with Crippen LogP contribution in [0, 0.1) is 12.8 Å². The van der Waals surface area contributed by atoms with Crippen molar-refractivity contribution < 1.29 is 14.7 Å². The highest BCUT2D eigenvalue weighted by molar-refractivity contribution is 5.94. The van der Waals surface area contributed by atoms with Crippen LogP contribution in [0.2, 0.25) is 0 Å². The van der Waals surface area contributed by atoms with E-state index in [4.69, 9.17) is 0 Å². The number of benzene rings is 1. The molecule has 2 N–H and O–H groups in total. The third-order valence-electron chi connectivity index (χ3n) is 3.30. The fraction of sp³-hybridized carbons (Fsp3) is 0.375. The van der Waals surface area contributed by atoms with Crippen LogP contribution < -0.4 is 5.32 Å². The van der Waals surface area contributed by atoms with Gasteiger partial charge in [0.05, 0.1) is 11.9 Å². The van der Waals surface area contributed by atoms with Gasteiger partial charge in [0, 0.05) is 0 Å². The van der Waals surface area contributed by atoms with Crippen molar-refractivity contribution in [3.8, 4) is 5.69 Å². The molecule has 0 aliphatic carbocycles. The highest BCUT2D eigenvalue weighted by Gasteiger charge is 2.23. The lowest BCUT2D eigenvalue weighted by molar-refractivity contribution is -0.139. The van der Waals surface area contributed by atoms with Crippen LogP contribution in [0.1, 0.15) is 36.3 Å². The molecule has 23 heavy (non-hydrogen) atoms. The normalized spacial score (nSPS) is 12.2. The highest BCUT2D eigenvalue weighted by Crippen LogP contribution is 2.10. The van der Waals surface area contributed by atoms with Gasteiger partial charge >= 0.3 is 5.97 Å². The van der Waals surface area contributed by atoms with Gasteiger partial charge < -0.3 is 10.4 Å². The average Bonchev–Trinajstić information content (AvgIpc) is 2.95. The van der Waals surface area contributed by atoms with Crippen molar-refractivity contribution >= 4 is 11.9 Å². The minimum atomic E-state index is -1.06. The van der Waals surface area contributed by atoms with Crippen LogP contribution in [0.15, 0.2) is 30.5 Å². The van der Waals surface area contributed by atoms with E-state index in [1.54, 1.807) is 0 Å². The van der Waals surface area contributed by atoms with Crippen molar-refractivity contribution in [1.82, 2.24) is 20.3 Å². The van der Waals surface area contributed by atoms with E-state index in [1.807, 2.05) is 45.0 Å². The number of rotatable bonds is 6. The molecule has 0 saturated carbocycles. The number of aryl methyl sites for hydroxylation is 1. The van der Waals surface area contributed by atoms with Gasteiger partial charge in [-0.05, 0) is 37.0 Å². The van der Waals surface area contributed by atoms with Gasteiger partial charge in [-0.2, -0.15) is 0 Å². The van der Waals surface area contributed by atoms with Gasteiger partial charge in [0.25, 0.3) is 5.91 Å². The first-order valence-electron chi connectivity index (χ1n) is 7.40. The number of aromatic nitrogens is 3. The van der Waals surface area contributed by atoms with Crippen molar-refractivity contribution in [2.75, 3.05) is 0 Å². The van der Waals surface area contributed by atoms with Crippen molar-refractivity contribution in [3.05, 3.63) is 41.7 Å². The number of carbonyl (C=O) groups is 2. The quantitative estimate of drug-likeness (QED) is 0.847. The number of nitrogens with one attached hydrogen (secondary N) is 1. The fourth-order valence-corrected chi connectivity index (χ4v) is 2.19. The lowest BCUT2D eigenvalue weighted by Crippen LogP contribution is -2.41. The Kier molecular flexibility index (Phi) is 5.10. The smallest absolute Gasteiger partial charge is 0.326 e. The summed E-state index contributed by atoms with van der Waals surface area (Å²) >= 11 is 0. The predicted octanol–water partition coefficient (Wildman–Crippen LogP) is 1.80. The number of hydrogen-bond donors (Lipinski definition) is 2. The topological polar surface area (TPSA) is 97.1 Å². The lowest BCUT2D eigenvalue weighted by Gasteiger charge is -2.15. The molecular formula is C16H20N4O3. The lowest BCUT2D eigenvalue weighted by atomic mass is 10.0. The van der Waals surface area contributed by atoms with Gasteiger partial charge in [0.2, 0.25) is 0 Å². The van der Waals surface area contributed by atoms with Gasteiger partial charge in [-0.3, -0.25) is 4.79 Å². The summed E-state index contributed by atoms with van der Waals surface area (Å²) in [6.45, 7) is 5.75. The highest BCUT2D eigenvalue weighted by atomic mass is 16.4. The standard InChI is InChI=1S/C16H20N4O3/c1-10(2)7-13(16(22)23)17-15(21)14-9-20(19-18-14)12-6-4-5-11(3)8-12/h4-6,8-10,13H,7H2,1-3H3,(H,17,21)(H,22,23)/t13-/m0/s1. The number of amides is 1. The second kappa shape index (κ2) is 7.04. The summed E-state index contributed by atoms with van der Waals surface area (Å²) in [5, 5.41) is 19.4. The molecule has 2 aromatic rings. The molecule has 7 heteroatoms.